The lowest BCUT2D eigenvalue weighted by atomic mass is 9.84. The summed E-state index contributed by atoms with van der Waals surface area (Å²) in [4.78, 5) is 2.39. The number of hydrogen-bond acceptors (Lipinski definition) is 4. The lowest BCUT2D eigenvalue weighted by molar-refractivity contribution is 0.196. The second-order valence-corrected chi connectivity index (χ2v) is 15.7. The van der Waals surface area contributed by atoms with Crippen molar-refractivity contribution in [3.8, 4) is 0 Å². The summed E-state index contributed by atoms with van der Waals surface area (Å²) < 4.78 is 6.33. The minimum absolute atomic E-state index is 0.0966. The van der Waals surface area contributed by atoms with Crippen LogP contribution in [0.3, 0.4) is 0 Å². The first-order valence-corrected chi connectivity index (χ1v) is 20.2. The van der Waals surface area contributed by atoms with Crippen LogP contribution in [-0.2, 0) is 6.54 Å². The molecule has 7 aromatic rings. The van der Waals surface area contributed by atoms with E-state index in [4.69, 9.17) is 4.42 Å². The number of rotatable bonds is 7. The van der Waals surface area contributed by atoms with Gasteiger partial charge in [0, 0.05) is 40.7 Å². The number of hydrazine groups is 1. The zero-order chi connectivity index (χ0) is 39.2. The first-order chi connectivity index (χ1) is 28.5. The largest absolute Gasteiger partial charge is 0.456 e. The van der Waals surface area contributed by atoms with Crippen molar-refractivity contribution in [1.29, 1.82) is 0 Å². The summed E-state index contributed by atoms with van der Waals surface area (Å²) in [6.07, 6.45) is 12.5. The Kier molecular flexibility index (Phi) is 9.12. The average molecular weight is 752 g/mol. The molecular weight excluding hydrogens is 707 g/mol. The molecule has 4 nitrogen and oxygen atoms in total. The van der Waals surface area contributed by atoms with Crippen LogP contribution in [0.2, 0.25) is 0 Å². The molecule has 0 saturated heterocycles. The summed E-state index contributed by atoms with van der Waals surface area (Å²) in [6, 6.07) is 54.0. The molecule has 0 bridgehead atoms. The summed E-state index contributed by atoms with van der Waals surface area (Å²) in [5.74, 6) is 0.305. The van der Waals surface area contributed by atoms with Gasteiger partial charge in [0.1, 0.15) is 11.2 Å². The maximum atomic E-state index is 6.33. The molecule has 3 heterocycles. The fraction of sp³-hybridized carbons (Fsp3) is 0.111. The predicted octanol–water partition coefficient (Wildman–Crippen LogP) is 13.5. The molecule has 1 aromatic heterocycles. The van der Waals surface area contributed by atoms with Crippen LogP contribution in [0.25, 0.3) is 44.4 Å². The van der Waals surface area contributed by atoms with Crippen LogP contribution in [0.15, 0.2) is 204 Å². The minimum Gasteiger partial charge on any atom is -0.456 e. The Labute approximate surface area is 340 Å². The van der Waals surface area contributed by atoms with Crippen LogP contribution in [0.4, 0.5) is 5.69 Å². The molecule has 6 aromatic carbocycles. The monoisotopic (exact) mass is 751 g/mol. The Morgan fingerprint density at radius 2 is 1.45 bits per heavy atom. The number of hydrogen-bond donors (Lipinski definition) is 1. The molecule has 1 N–H and O–H groups in total. The molecule has 0 radical (unpaired) electrons. The third kappa shape index (κ3) is 6.62. The van der Waals surface area contributed by atoms with Crippen LogP contribution < -0.4 is 10.3 Å². The smallest absolute Gasteiger partial charge is 0.136 e. The first-order valence-electron chi connectivity index (χ1n) is 20.2. The Balaban J connectivity index is 0.984. The summed E-state index contributed by atoms with van der Waals surface area (Å²) in [5.41, 5.74) is 20.9. The van der Waals surface area contributed by atoms with E-state index in [1.165, 1.54) is 39.1 Å². The summed E-state index contributed by atoms with van der Waals surface area (Å²) in [6.45, 7) is 9.98. The third-order valence-corrected chi connectivity index (χ3v) is 11.8. The highest BCUT2D eigenvalue weighted by atomic mass is 16.3. The fourth-order valence-electron chi connectivity index (χ4n) is 8.92. The van der Waals surface area contributed by atoms with E-state index in [-0.39, 0.29) is 6.04 Å². The van der Waals surface area contributed by atoms with Gasteiger partial charge in [0.2, 0.25) is 0 Å². The van der Waals surface area contributed by atoms with Crippen molar-refractivity contribution in [3.05, 3.63) is 233 Å². The number of fused-ring (bicyclic) bond motifs is 4. The van der Waals surface area contributed by atoms with Crippen molar-refractivity contribution in [2.24, 2.45) is 5.92 Å². The highest BCUT2D eigenvalue weighted by Crippen LogP contribution is 2.42. The first kappa shape index (κ1) is 35.5. The molecule has 58 heavy (non-hydrogen) atoms. The SMILES string of the molecule is C=C1/C=C(c2cccc(CN3NC(c4ccccc4)=CC3c3ccccc3)c2)\C=C/N(C2=CC(c3ccc4c(c3)oc3ccccc34)=C(C)CC2C)c2ccccc21. The molecule has 3 aliphatic rings. The zero-order valence-electron chi connectivity index (χ0n) is 32.9. The topological polar surface area (TPSA) is 31.6 Å². The second-order valence-electron chi connectivity index (χ2n) is 15.7. The van der Waals surface area contributed by atoms with Crippen LogP contribution >= 0.6 is 0 Å². The van der Waals surface area contributed by atoms with Crippen LogP contribution in [0.1, 0.15) is 59.7 Å². The van der Waals surface area contributed by atoms with Gasteiger partial charge in [-0.3, -0.25) is 0 Å². The van der Waals surface area contributed by atoms with Crippen molar-refractivity contribution >= 4 is 50.0 Å². The van der Waals surface area contributed by atoms with Crippen molar-refractivity contribution < 1.29 is 4.42 Å². The number of allylic oxidation sites excluding steroid dienone is 8. The van der Waals surface area contributed by atoms with Crippen molar-refractivity contribution in [2.45, 2.75) is 32.9 Å². The number of benzene rings is 6. The second kappa shape index (κ2) is 14.9. The lowest BCUT2D eigenvalue weighted by Crippen LogP contribution is -2.33. The molecule has 4 heteroatoms. The van der Waals surface area contributed by atoms with E-state index < -0.39 is 0 Å². The van der Waals surface area contributed by atoms with Crippen LogP contribution in [0, 0.1) is 5.92 Å². The Morgan fingerprint density at radius 3 is 2.31 bits per heavy atom. The number of nitrogens with one attached hydrogen (secondary N) is 1. The molecule has 2 aliphatic heterocycles. The van der Waals surface area contributed by atoms with E-state index in [0.717, 1.165) is 68.6 Å². The van der Waals surface area contributed by atoms with Gasteiger partial charge in [0.05, 0.1) is 17.4 Å². The van der Waals surface area contributed by atoms with Gasteiger partial charge in [0.15, 0.2) is 0 Å². The summed E-state index contributed by atoms with van der Waals surface area (Å²) >= 11 is 0. The van der Waals surface area contributed by atoms with Gasteiger partial charge in [-0.1, -0.05) is 140 Å². The van der Waals surface area contributed by atoms with E-state index in [0.29, 0.717) is 5.92 Å². The van der Waals surface area contributed by atoms with Gasteiger partial charge < -0.3 is 14.7 Å². The molecule has 282 valence electrons. The maximum Gasteiger partial charge on any atom is 0.136 e. The van der Waals surface area contributed by atoms with Gasteiger partial charge in [0.25, 0.3) is 0 Å². The molecule has 10 rings (SSSR count). The highest BCUT2D eigenvalue weighted by Gasteiger charge is 2.28. The maximum absolute atomic E-state index is 6.33. The molecule has 0 saturated carbocycles. The molecule has 1 aliphatic carbocycles. The van der Waals surface area contributed by atoms with Crippen LogP contribution in [0.5, 0.6) is 0 Å². The van der Waals surface area contributed by atoms with Gasteiger partial charge in [-0.2, -0.15) is 0 Å². The standard InChI is InChI=1S/C54H45N3O/c1-36-29-38(3)51(33-48(36)44-25-26-47-46-22-11-13-24-53(46)58-54(47)32-44)56-28-27-43(30-37(2)45-21-10-12-23-50(45)56)42-20-14-15-39(31-42)35-57-52(41-18-8-5-9-19-41)34-49(55-57)40-16-6-4-7-17-40/h4-28,30-34,38,52,55H,2,29,35H2,1,3H3/b28-27-,43-30+. The van der Waals surface area contributed by atoms with E-state index in [1.54, 1.807) is 0 Å². The molecule has 2 unspecified atom stereocenters. The Hall–Kier alpha value is -6.88. The predicted molar refractivity (Wildman–Crippen MR) is 242 cm³/mol. The quantitative estimate of drug-likeness (QED) is 0.176. The number of nitrogens with zero attached hydrogens (tertiary/aromatic N) is 2. The van der Waals surface area contributed by atoms with Gasteiger partial charge in [-0.15, -0.1) is 0 Å². The number of anilines is 1. The van der Waals surface area contributed by atoms with Gasteiger partial charge in [-0.05, 0) is 113 Å². The zero-order valence-corrected chi connectivity index (χ0v) is 32.9. The Bertz CT molecular complexity index is 2870. The van der Waals surface area contributed by atoms with E-state index in [2.05, 4.69) is 206 Å². The highest BCUT2D eigenvalue weighted by molar-refractivity contribution is 6.06. The molecule has 0 spiro atoms. The van der Waals surface area contributed by atoms with Gasteiger partial charge >= 0.3 is 0 Å². The molecule has 0 fully saturated rings. The van der Waals surface area contributed by atoms with Crippen molar-refractivity contribution in [2.75, 3.05) is 4.90 Å². The Morgan fingerprint density at radius 1 is 0.707 bits per heavy atom. The van der Waals surface area contributed by atoms with Gasteiger partial charge in [-0.25, -0.2) is 5.01 Å². The normalized spacial score (nSPS) is 19.9. The van der Waals surface area contributed by atoms with Crippen molar-refractivity contribution in [3.63, 3.8) is 0 Å². The third-order valence-electron chi connectivity index (χ3n) is 11.8. The van der Waals surface area contributed by atoms with E-state index >= 15 is 0 Å². The number of para-hydroxylation sites is 2. The van der Waals surface area contributed by atoms with Crippen molar-refractivity contribution in [1.82, 2.24) is 10.4 Å². The molecule has 2 atom stereocenters. The van der Waals surface area contributed by atoms with E-state index in [9.17, 15) is 0 Å². The summed E-state index contributed by atoms with van der Waals surface area (Å²) in [7, 11) is 0. The molecular formula is C54H45N3O. The summed E-state index contributed by atoms with van der Waals surface area (Å²) in [5, 5.41) is 4.64. The fourth-order valence-corrected chi connectivity index (χ4v) is 8.92. The van der Waals surface area contributed by atoms with E-state index in [1.807, 2.05) is 12.1 Å². The number of furan rings is 1. The minimum atomic E-state index is 0.0966. The lowest BCUT2D eigenvalue weighted by Gasteiger charge is -2.34. The van der Waals surface area contributed by atoms with Crippen LogP contribution in [-0.4, -0.2) is 5.01 Å². The molecule has 0 amide bonds. The average Bonchev–Trinajstić information content (AvgIpc) is 3.85.